The Morgan fingerprint density at radius 3 is 2.11 bits per heavy atom. The first-order valence-electron chi connectivity index (χ1n) is 14.9. The Labute approximate surface area is 262 Å². The van der Waals surface area contributed by atoms with Crippen LogP contribution >= 0.6 is 0 Å². The number of anilines is 1. The van der Waals surface area contributed by atoms with Gasteiger partial charge >= 0.3 is 12.1 Å². The number of piperidine rings is 1. The van der Waals surface area contributed by atoms with Crippen molar-refractivity contribution >= 4 is 17.6 Å². The number of nitrogens with zero attached hydrogens (tertiary/aromatic N) is 3. The number of nitriles is 1. The molecule has 1 amide bonds. The van der Waals surface area contributed by atoms with Crippen molar-refractivity contribution in [1.82, 2.24) is 4.90 Å². The summed E-state index contributed by atoms with van der Waals surface area (Å²) in [5, 5.41) is 10.7. The zero-order chi connectivity index (χ0) is 32.7. The molecule has 0 saturated carbocycles. The second-order valence-corrected chi connectivity index (χ2v) is 11.3. The van der Waals surface area contributed by atoms with Gasteiger partial charge in [-0.05, 0) is 37.0 Å². The van der Waals surface area contributed by atoms with E-state index < -0.39 is 35.0 Å². The minimum Gasteiger partial charge on any atom is -0.466 e. The summed E-state index contributed by atoms with van der Waals surface area (Å²) in [5.74, 6) is -2.54. The number of likely N-dealkylation sites (tertiary alicyclic amines) is 1. The van der Waals surface area contributed by atoms with Gasteiger partial charge < -0.3 is 19.3 Å². The summed E-state index contributed by atoms with van der Waals surface area (Å²) in [6, 6.07) is 26.6. The van der Waals surface area contributed by atoms with Crippen LogP contribution in [0.1, 0.15) is 48.8 Å². The number of esters is 1. The number of benzene rings is 3. The van der Waals surface area contributed by atoms with Crippen molar-refractivity contribution in [1.29, 1.82) is 5.26 Å². The summed E-state index contributed by atoms with van der Waals surface area (Å²) < 4.78 is 54.4. The number of rotatable bonds is 11. The summed E-state index contributed by atoms with van der Waals surface area (Å²) in [5.41, 5.74) is -1.94. The van der Waals surface area contributed by atoms with E-state index in [1.165, 1.54) is 24.3 Å². The molecule has 3 aromatic carbocycles. The third-order valence-electron chi connectivity index (χ3n) is 8.70. The Bertz CT molecular complexity index is 1490. The molecule has 1 fully saturated rings. The van der Waals surface area contributed by atoms with Crippen molar-refractivity contribution in [3.8, 4) is 6.07 Å². The maximum atomic E-state index is 14.7. The van der Waals surface area contributed by atoms with E-state index in [0.717, 1.165) is 23.3 Å². The van der Waals surface area contributed by atoms with E-state index >= 15 is 0 Å². The highest BCUT2D eigenvalue weighted by atomic mass is 19.4. The van der Waals surface area contributed by atoms with E-state index in [9.17, 15) is 28.0 Å². The van der Waals surface area contributed by atoms with Gasteiger partial charge in [0.05, 0.1) is 25.0 Å². The minimum atomic E-state index is -5.04. The first-order valence-corrected chi connectivity index (χ1v) is 14.9. The van der Waals surface area contributed by atoms with Crippen molar-refractivity contribution in [2.45, 2.75) is 50.4 Å². The van der Waals surface area contributed by atoms with Crippen molar-refractivity contribution in [2.24, 2.45) is 5.41 Å². The molecule has 1 saturated heterocycles. The van der Waals surface area contributed by atoms with Gasteiger partial charge in [-0.15, -0.1) is 0 Å². The molecule has 1 aliphatic rings. The molecular formula is C35H38F3N3O4. The molecule has 1 aliphatic heterocycles. The van der Waals surface area contributed by atoms with Gasteiger partial charge in [-0.1, -0.05) is 78.9 Å². The third-order valence-corrected chi connectivity index (χ3v) is 8.70. The molecule has 0 bridgehead atoms. The number of halogens is 3. The van der Waals surface area contributed by atoms with E-state index in [4.69, 9.17) is 9.47 Å². The first-order chi connectivity index (χ1) is 21.5. The van der Waals surface area contributed by atoms with E-state index in [1.807, 2.05) is 66.5 Å². The maximum absolute atomic E-state index is 14.7. The Balaban J connectivity index is 1.69. The molecule has 1 unspecified atom stereocenters. The van der Waals surface area contributed by atoms with Gasteiger partial charge in [-0.3, -0.25) is 9.59 Å². The van der Waals surface area contributed by atoms with Crippen molar-refractivity contribution in [3.63, 3.8) is 0 Å². The summed E-state index contributed by atoms with van der Waals surface area (Å²) >= 11 is 0. The second kappa shape index (κ2) is 14.2. The Kier molecular flexibility index (Phi) is 10.6. The fourth-order valence-corrected chi connectivity index (χ4v) is 6.40. The average molecular weight is 622 g/mol. The minimum absolute atomic E-state index is 0.105. The number of methoxy groups -OCH3 is 1. The van der Waals surface area contributed by atoms with Crippen LogP contribution < -0.4 is 4.90 Å². The predicted molar refractivity (Wildman–Crippen MR) is 164 cm³/mol. The summed E-state index contributed by atoms with van der Waals surface area (Å²) in [6.45, 7) is 2.19. The highest BCUT2D eigenvalue weighted by Gasteiger charge is 2.64. The van der Waals surface area contributed by atoms with Crippen molar-refractivity contribution in [2.75, 3.05) is 38.8 Å². The number of para-hydroxylation sites is 1. The van der Waals surface area contributed by atoms with E-state index in [-0.39, 0.29) is 44.5 Å². The topological polar surface area (TPSA) is 82.9 Å². The number of ether oxygens (including phenoxy) is 2. The van der Waals surface area contributed by atoms with Gasteiger partial charge in [0, 0.05) is 50.5 Å². The van der Waals surface area contributed by atoms with Crippen LogP contribution in [0, 0.1) is 16.7 Å². The predicted octanol–water partition coefficient (Wildman–Crippen LogP) is 6.60. The molecule has 45 heavy (non-hydrogen) atoms. The zero-order valence-electron chi connectivity index (χ0n) is 25.7. The monoisotopic (exact) mass is 621 g/mol. The Hall–Kier alpha value is -4.36. The lowest BCUT2D eigenvalue weighted by molar-refractivity contribution is -0.271. The maximum Gasteiger partial charge on any atom is 0.430 e. The lowest BCUT2D eigenvalue weighted by atomic mass is 9.64. The zero-order valence-corrected chi connectivity index (χ0v) is 25.7. The van der Waals surface area contributed by atoms with Crippen LogP contribution in [0.5, 0.6) is 0 Å². The molecule has 0 radical (unpaired) electrons. The fourth-order valence-electron chi connectivity index (χ4n) is 6.40. The molecule has 10 heteroatoms. The van der Waals surface area contributed by atoms with E-state index in [1.54, 1.807) is 13.0 Å². The molecular weight excluding hydrogens is 583 g/mol. The lowest BCUT2D eigenvalue weighted by Crippen LogP contribution is -2.59. The molecule has 7 nitrogen and oxygen atoms in total. The van der Waals surface area contributed by atoms with Gasteiger partial charge in [0.25, 0.3) is 11.5 Å². The highest BCUT2D eigenvalue weighted by Crippen LogP contribution is 2.51. The summed E-state index contributed by atoms with van der Waals surface area (Å²) in [4.78, 5) is 29.9. The van der Waals surface area contributed by atoms with Crippen LogP contribution in [-0.4, -0.2) is 56.8 Å². The molecule has 4 rings (SSSR count). The highest BCUT2D eigenvalue weighted by molar-refractivity contribution is 5.88. The van der Waals surface area contributed by atoms with E-state index in [2.05, 4.69) is 6.07 Å². The standard InChI is InChI=1S/C35H38F3N3O4/c1-4-45-31(42)23-33(29(24-39)28-17-11-12-18-30(28)40(2)25-26-13-7-5-8-14-26)19-21-41(22-20-33)32(43)34(44-3,35(36,37)38)27-15-9-6-10-16-27/h5-18,29H,4,19-23,25H2,1-3H3/t29?,34-/m1/s1. The Morgan fingerprint density at radius 1 is 0.978 bits per heavy atom. The quantitative estimate of drug-likeness (QED) is 0.225. The largest absolute Gasteiger partial charge is 0.466 e. The molecule has 3 aromatic rings. The third kappa shape index (κ3) is 6.84. The van der Waals surface area contributed by atoms with Crippen LogP contribution in [0.2, 0.25) is 0 Å². The lowest BCUT2D eigenvalue weighted by Gasteiger charge is -2.46. The number of amides is 1. The van der Waals surface area contributed by atoms with E-state index in [0.29, 0.717) is 12.1 Å². The molecule has 0 aliphatic carbocycles. The summed E-state index contributed by atoms with van der Waals surface area (Å²) in [6.07, 6.45) is -4.94. The number of alkyl halides is 3. The van der Waals surface area contributed by atoms with Crippen LogP contribution in [-0.2, 0) is 31.2 Å². The molecule has 2 atom stereocenters. The summed E-state index contributed by atoms with van der Waals surface area (Å²) in [7, 11) is 2.80. The van der Waals surface area contributed by atoms with Gasteiger partial charge in [0.15, 0.2) is 0 Å². The van der Waals surface area contributed by atoms with Gasteiger partial charge in [-0.2, -0.15) is 18.4 Å². The molecule has 0 spiro atoms. The first kappa shape index (κ1) is 33.5. The number of carbonyl (C=O) groups excluding carboxylic acids is 2. The number of hydrogen-bond donors (Lipinski definition) is 0. The second-order valence-electron chi connectivity index (χ2n) is 11.3. The van der Waals surface area contributed by atoms with Crippen molar-refractivity contribution in [3.05, 3.63) is 102 Å². The van der Waals surface area contributed by atoms with Crippen LogP contribution in [0.25, 0.3) is 0 Å². The smallest absolute Gasteiger partial charge is 0.430 e. The Morgan fingerprint density at radius 2 is 1.56 bits per heavy atom. The van der Waals surface area contributed by atoms with Crippen molar-refractivity contribution < 1.29 is 32.2 Å². The van der Waals surface area contributed by atoms with Crippen LogP contribution in [0.4, 0.5) is 18.9 Å². The van der Waals surface area contributed by atoms with Gasteiger partial charge in [-0.25, -0.2) is 0 Å². The molecule has 0 N–H and O–H groups in total. The van der Waals surface area contributed by atoms with Gasteiger partial charge in [0.1, 0.15) is 0 Å². The number of hydrogen-bond acceptors (Lipinski definition) is 6. The molecule has 0 aromatic heterocycles. The SMILES string of the molecule is CCOC(=O)CC1(C(C#N)c2ccccc2N(C)Cc2ccccc2)CCN(C(=O)[C@](OC)(c2ccccc2)C(F)(F)F)CC1. The number of carbonyl (C=O) groups is 2. The van der Waals surface area contributed by atoms with Gasteiger partial charge in [0.2, 0.25) is 0 Å². The molecule has 238 valence electrons. The molecule has 1 heterocycles. The fraction of sp³-hybridized carbons (Fsp3) is 0.400. The van der Waals surface area contributed by atoms with Crippen LogP contribution in [0.3, 0.4) is 0 Å². The average Bonchev–Trinajstić information content (AvgIpc) is 3.03. The van der Waals surface area contributed by atoms with Crippen LogP contribution in [0.15, 0.2) is 84.9 Å². The normalized spacial score (nSPS) is 16.6.